The highest BCUT2D eigenvalue weighted by molar-refractivity contribution is 9.10. The number of nitrogens with one attached hydrogen (secondary N) is 1. The van der Waals surface area contributed by atoms with Crippen molar-refractivity contribution in [2.75, 3.05) is 5.32 Å². The normalized spacial score (nSPS) is 10.2. The molecule has 1 aromatic heterocycles. The maximum atomic E-state index is 12.0. The Labute approximate surface area is 126 Å². The number of hydrogen-bond acceptors (Lipinski definition) is 3. The Morgan fingerprint density at radius 2 is 2.05 bits per heavy atom. The molecule has 19 heavy (non-hydrogen) atoms. The van der Waals surface area contributed by atoms with E-state index in [-0.39, 0.29) is 11.5 Å². The molecule has 0 aliphatic carbocycles. The number of nitrogens with two attached hydrogens (primary N) is 1. The van der Waals surface area contributed by atoms with E-state index in [2.05, 4.69) is 21.2 Å². The summed E-state index contributed by atoms with van der Waals surface area (Å²) >= 11 is 10.5. The largest absolute Gasteiger partial charge is 0.366 e. The minimum Gasteiger partial charge on any atom is -0.366 e. The van der Waals surface area contributed by atoms with Gasteiger partial charge in [-0.3, -0.25) is 9.59 Å². The van der Waals surface area contributed by atoms with Crippen LogP contribution in [0, 0.1) is 0 Å². The number of primary amides is 1. The molecule has 0 aliphatic rings. The molecular formula is C12H8BrClN2O2S. The van der Waals surface area contributed by atoms with E-state index < -0.39 is 5.91 Å². The molecule has 2 aromatic rings. The second kappa shape index (κ2) is 5.73. The van der Waals surface area contributed by atoms with Gasteiger partial charge in [-0.05, 0) is 45.6 Å². The van der Waals surface area contributed by atoms with Gasteiger partial charge in [0.15, 0.2) is 0 Å². The lowest BCUT2D eigenvalue weighted by Gasteiger charge is -2.07. The molecule has 0 radical (unpaired) electrons. The highest BCUT2D eigenvalue weighted by Gasteiger charge is 2.14. The van der Waals surface area contributed by atoms with Crippen LogP contribution in [0.25, 0.3) is 0 Å². The smallest absolute Gasteiger partial charge is 0.266 e. The third-order valence-electron chi connectivity index (χ3n) is 2.32. The number of carbonyl (C=O) groups is 2. The summed E-state index contributed by atoms with van der Waals surface area (Å²) in [7, 11) is 0. The molecule has 0 saturated heterocycles. The Hall–Kier alpha value is -1.37. The topological polar surface area (TPSA) is 72.2 Å². The Balaban J connectivity index is 2.28. The van der Waals surface area contributed by atoms with Gasteiger partial charge in [-0.1, -0.05) is 11.6 Å². The van der Waals surface area contributed by atoms with Crippen LogP contribution >= 0.6 is 38.9 Å². The van der Waals surface area contributed by atoms with Gasteiger partial charge in [-0.15, -0.1) is 11.3 Å². The summed E-state index contributed by atoms with van der Waals surface area (Å²) < 4.78 is 0.706. The molecule has 2 rings (SSSR count). The van der Waals surface area contributed by atoms with Crippen LogP contribution in [0.2, 0.25) is 5.02 Å². The average molecular weight is 360 g/mol. The van der Waals surface area contributed by atoms with E-state index >= 15 is 0 Å². The summed E-state index contributed by atoms with van der Waals surface area (Å²) in [6.07, 6.45) is 0. The number of anilines is 1. The van der Waals surface area contributed by atoms with Crippen LogP contribution in [0.15, 0.2) is 34.1 Å². The zero-order valence-electron chi connectivity index (χ0n) is 9.44. The van der Waals surface area contributed by atoms with Gasteiger partial charge < -0.3 is 11.1 Å². The van der Waals surface area contributed by atoms with Gasteiger partial charge in [0.05, 0.1) is 10.7 Å². The van der Waals surface area contributed by atoms with E-state index in [9.17, 15) is 9.59 Å². The van der Waals surface area contributed by atoms with Crippen molar-refractivity contribution in [3.8, 4) is 0 Å². The van der Waals surface area contributed by atoms with Gasteiger partial charge in [-0.25, -0.2) is 0 Å². The molecule has 98 valence electrons. The number of rotatable bonds is 3. The summed E-state index contributed by atoms with van der Waals surface area (Å²) in [5.74, 6) is -0.880. The summed E-state index contributed by atoms with van der Waals surface area (Å²) in [5, 5.41) is 4.78. The van der Waals surface area contributed by atoms with E-state index in [1.165, 1.54) is 29.5 Å². The van der Waals surface area contributed by atoms with Crippen molar-refractivity contribution >= 4 is 56.4 Å². The number of hydrogen-bond donors (Lipinski definition) is 2. The zero-order valence-corrected chi connectivity index (χ0v) is 12.6. The van der Waals surface area contributed by atoms with Crippen molar-refractivity contribution in [3.63, 3.8) is 0 Å². The number of amides is 2. The molecule has 2 amide bonds. The van der Waals surface area contributed by atoms with E-state index in [4.69, 9.17) is 17.3 Å². The van der Waals surface area contributed by atoms with Crippen molar-refractivity contribution in [2.45, 2.75) is 0 Å². The van der Waals surface area contributed by atoms with Crippen LogP contribution in [-0.4, -0.2) is 11.8 Å². The summed E-state index contributed by atoms with van der Waals surface area (Å²) in [6.45, 7) is 0. The number of thiophene rings is 1. The van der Waals surface area contributed by atoms with E-state index in [0.717, 1.165) is 0 Å². The van der Waals surface area contributed by atoms with Crippen LogP contribution < -0.4 is 11.1 Å². The van der Waals surface area contributed by atoms with Gasteiger partial charge >= 0.3 is 0 Å². The van der Waals surface area contributed by atoms with Crippen molar-refractivity contribution < 1.29 is 9.59 Å². The second-order valence-electron chi connectivity index (χ2n) is 3.61. The number of carbonyl (C=O) groups excluding carboxylic acids is 2. The Kier molecular flexibility index (Phi) is 4.24. The number of benzene rings is 1. The quantitative estimate of drug-likeness (QED) is 0.880. The molecule has 4 nitrogen and oxygen atoms in total. The van der Waals surface area contributed by atoms with Crippen molar-refractivity contribution in [1.82, 2.24) is 0 Å². The van der Waals surface area contributed by atoms with Gasteiger partial charge in [0, 0.05) is 10.0 Å². The minimum absolute atomic E-state index is 0.282. The lowest BCUT2D eigenvalue weighted by atomic mass is 10.2. The van der Waals surface area contributed by atoms with Gasteiger partial charge in [0.2, 0.25) is 5.91 Å². The standard InChI is InChI=1S/C12H8BrClN2O2S/c13-7-3-4-19-10(7)12(18)16-9-5-6(11(15)17)1-2-8(9)14/h1-5H,(H2,15,17)(H,16,18). The predicted molar refractivity (Wildman–Crippen MR) is 79.9 cm³/mol. The first kappa shape index (κ1) is 14.0. The molecule has 0 saturated carbocycles. The first-order valence-corrected chi connectivity index (χ1v) is 7.18. The SMILES string of the molecule is NC(=O)c1ccc(Cl)c(NC(=O)c2sccc2Br)c1. The van der Waals surface area contributed by atoms with E-state index in [1.807, 2.05) is 0 Å². The molecule has 1 aromatic carbocycles. The predicted octanol–water partition coefficient (Wildman–Crippen LogP) is 3.52. The molecule has 0 aliphatic heterocycles. The van der Waals surface area contributed by atoms with Crippen molar-refractivity contribution in [1.29, 1.82) is 0 Å². The Morgan fingerprint density at radius 1 is 1.32 bits per heavy atom. The Bertz CT molecular complexity index is 657. The fraction of sp³-hybridized carbons (Fsp3) is 0. The maximum Gasteiger partial charge on any atom is 0.266 e. The third kappa shape index (κ3) is 3.15. The molecular weight excluding hydrogens is 352 g/mol. The first-order chi connectivity index (χ1) is 8.99. The molecule has 7 heteroatoms. The lowest BCUT2D eigenvalue weighted by molar-refractivity contribution is 0.0996. The molecule has 0 bridgehead atoms. The summed E-state index contributed by atoms with van der Waals surface area (Å²) in [4.78, 5) is 23.6. The van der Waals surface area contributed by atoms with Gasteiger partial charge in [0.25, 0.3) is 5.91 Å². The average Bonchev–Trinajstić information content (AvgIpc) is 2.78. The minimum atomic E-state index is -0.579. The van der Waals surface area contributed by atoms with Crippen LogP contribution in [0.4, 0.5) is 5.69 Å². The molecule has 3 N–H and O–H groups in total. The zero-order chi connectivity index (χ0) is 14.0. The molecule has 0 spiro atoms. The second-order valence-corrected chi connectivity index (χ2v) is 5.79. The van der Waals surface area contributed by atoms with Crippen LogP contribution in [-0.2, 0) is 0 Å². The highest BCUT2D eigenvalue weighted by Crippen LogP contribution is 2.27. The highest BCUT2D eigenvalue weighted by atomic mass is 79.9. The fourth-order valence-corrected chi connectivity index (χ4v) is 3.02. The molecule has 0 fully saturated rings. The van der Waals surface area contributed by atoms with Gasteiger partial charge in [0.1, 0.15) is 4.88 Å². The maximum absolute atomic E-state index is 12.0. The lowest BCUT2D eigenvalue weighted by Crippen LogP contribution is -2.14. The van der Waals surface area contributed by atoms with Crippen molar-refractivity contribution in [2.24, 2.45) is 5.73 Å². The van der Waals surface area contributed by atoms with Gasteiger partial charge in [-0.2, -0.15) is 0 Å². The summed E-state index contributed by atoms with van der Waals surface area (Å²) in [6, 6.07) is 6.24. The third-order valence-corrected chi connectivity index (χ3v) is 4.49. The van der Waals surface area contributed by atoms with Crippen LogP contribution in [0.5, 0.6) is 0 Å². The van der Waals surface area contributed by atoms with Crippen molar-refractivity contribution in [3.05, 3.63) is 49.6 Å². The Morgan fingerprint density at radius 3 is 2.63 bits per heavy atom. The fourth-order valence-electron chi connectivity index (χ4n) is 1.41. The monoisotopic (exact) mass is 358 g/mol. The summed E-state index contributed by atoms with van der Waals surface area (Å²) in [5.41, 5.74) is 5.81. The molecule has 0 unspecified atom stereocenters. The molecule has 1 heterocycles. The first-order valence-electron chi connectivity index (χ1n) is 5.12. The molecule has 0 atom stereocenters. The van der Waals surface area contributed by atoms with E-state index in [1.54, 1.807) is 11.4 Å². The number of halogens is 2. The van der Waals surface area contributed by atoms with E-state index in [0.29, 0.717) is 20.1 Å². The van der Waals surface area contributed by atoms with Crippen LogP contribution in [0.1, 0.15) is 20.0 Å². The van der Waals surface area contributed by atoms with Crippen LogP contribution in [0.3, 0.4) is 0 Å².